The third-order valence-corrected chi connectivity index (χ3v) is 6.79. The average Bonchev–Trinajstić information content (AvgIpc) is 3.26. The minimum absolute atomic E-state index is 0.0513. The molecule has 5 heteroatoms. The molecule has 1 unspecified atom stereocenters. The molecule has 0 radical (unpaired) electrons. The summed E-state index contributed by atoms with van der Waals surface area (Å²) in [5.41, 5.74) is 2.07. The highest BCUT2D eigenvalue weighted by Crippen LogP contribution is 2.31. The van der Waals surface area contributed by atoms with E-state index in [1.165, 1.54) is 18.4 Å². The summed E-state index contributed by atoms with van der Waals surface area (Å²) < 4.78 is 0. The number of rotatable bonds is 6. The molecule has 1 aliphatic heterocycles. The molecule has 1 heterocycles. The van der Waals surface area contributed by atoms with Crippen LogP contribution in [0.25, 0.3) is 0 Å². The molecule has 0 bridgehead atoms. The summed E-state index contributed by atoms with van der Waals surface area (Å²) in [5, 5.41) is 3.17. The zero-order chi connectivity index (χ0) is 22.6. The highest BCUT2D eigenvalue weighted by Gasteiger charge is 2.37. The van der Waals surface area contributed by atoms with E-state index in [0.717, 1.165) is 38.0 Å². The fourth-order valence-electron chi connectivity index (χ4n) is 4.86. The van der Waals surface area contributed by atoms with Gasteiger partial charge in [-0.1, -0.05) is 59.6 Å². The van der Waals surface area contributed by atoms with Gasteiger partial charge in [0.1, 0.15) is 0 Å². The van der Waals surface area contributed by atoms with Gasteiger partial charge in [0.2, 0.25) is 5.91 Å². The van der Waals surface area contributed by atoms with Crippen molar-refractivity contribution in [3.05, 3.63) is 35.4 Å². The van der Waals surface area contributed by atoms with Gasteiger partial charge in [0.25, 0.3) is 5.91 Å². The Balaban J connectivity index is 1.61. The zero-order valence-corrected chi connectivity index (χ0v) is 20.1. The van der Waals surface area contributed by atoms with Gasteiger partial charge in [-0.15, -0.1) is 0 Å². The van der Waals surface area contributed by atoms with Gasteiger partial charge in [0.15, 0.2) is 0 Å². The smallest absolute Gasteiger partial charge is 0.253 e. The van der Waals surface area contributed by atoms with E-state index in [0.29, 0.717) is 24.9 Å². The number of hydrogen-bond donors (Lipinski definition) is 1. The van der Waals surface area contributed by atoms with Crippen LogP contribution in [0.2, 0.25) is 0 Å². The zero-order valence-electron chi connectivity index (χ0n) is 20.1. The Kier molecular flexibility index (Phi) is 7.79. The van der Waals surface area contributed by atoms with Crippen LogP contribution in [0, 0.1) is 11.8 Å². The molecular formula is C26H41N3O2. The van der Waals surface area contributed by atoms with Crippen LogP contribution in [-0.2, 0) is 10.2 Å². The highest BCUT2D eigenvalue weighted by molar-refractivity contribution is 5.94. The SMILES string of the molecule is CC(C)CNC(=O)C(C1CCCC1)N1CCN(C(=O)c2ccc(C(C)(C)C)cc2)CC1. The number of carbonyl (C=O) groups excluding carboxylic acids is 2. The van der Waals surface area contributed by atoms with Crippen LogP contribution in [0.3, 0.4) is 0 Å². The van der Waals surface area contributed by atoms with E-state index in [2.05, 4.69) is 57.0 Å². The summed E-state index contributed by atoms with van der Waals surface area (Å²) in [6, 6.07) is 7.99. The normalized spacial score (nSPS) is 19.6. The predicted octanol–water partition coefficient (Wildman–Crippen LogP) is 4.07. The van der Waals surface area contributed by atoms with Crippen LogP contribution in [-0.4, -0.2) is 60.4 Å². The molecule has 0 aromatic heterocycles. The van der Waals surface area contributed by atoms with Crippen LogP contribution in [0.4, 0.5) is 0 Å². The molecule has 2 aliphatic rings. The molecule has 5 nitrogen and oxygen atoms in total. The van der Waals surface area contributed by atoms with Gasteiger partial charge < -0.3 is 10.2 Å². The number of benzene rings is 1. The van der Waals surface area contributed by atoms with Gasteiger partial charge in [-0.3, -0.25) is 14.5 Å². The second-order valence-corrected chi connectivity index (χ2v) is 10.8. The fourth-order valence-corrected chi connectivity index (χ4v) is 4.86. The molecule has 1 aliphatic carbocycles. The lowest BCUT2D eigenvalue weighted by atomic mass is 9.86. The second kappa shape index (κ2) is 10.2. The van der Waals surface area contributed by atoms with E-state index < -0.39 is 0 Å². The van der Waals surface area contributed by atoms with Crippen molar-refractivity contribution in [3.63, 3.8) is 0 Å². The molecule has 1 saturated carbocycles. The van der Waals surface area contributed by atoms with E-state index in [1.54, 1.807) is 0 Å². The third-order valence-electron chi connectivity index (χ3n) is 6.79. The van der Waals surface area contributed by atoms with Crippen molar-refractivity contribution >= 4 is 11.8 Å². The lowest BCUT2D eigenvalue weighted by Crippen LogP contribution is -2.58. The molecule has 31 heavy (non-hydrogen) atoms. The summed E-state index contributed by atoms with van der Waals surface area (Å²) in [7, 11) is 0. The molecule has 1 aromatic rings. The summed E-state index contributed by atoms with van der Waals surface area (Å²) in [6.07, 6.45) is 4.72. The minimum atomic E-state index is -0.0513. The molecule has 3 rings (SSSR count). The molecule has 1 aromatic carbocycles. The van der Waals surface area contributed by atoms with Crippen molar-refractivity contribution in [2.45, 2.75) is 71.8 Å². The Morgan fingerprint density at radius 2 is 1.58 bits per heavy atom. The fraction of sp³-hybridized carbons (Fsp3) is 0.692. The lowest BCUT2D eigenvalue weighted by Gasteiger charge is -2.41. The Morgan fingerprint density at radius 3 is 2.10 bits per heavy atom. The quantitative estimate of drug-likeness (QED) is 0.744. The van der Waals surface area contributed by atoms with Crippen molar-refractivity contribution in [2.75, 3.05) is 32.7 Å². The van der Waals surface area contributed by atoms with Crippen molar-refractivity contribution in [1.82, 2.24) is 15.1 Å². The van der Waals surface area contributed by atoms with Gasteiger partial charge in [-0.2, -0.15) is 0 Å². The summed E-state index contributed by atoms with van der Waals surface area (Å²) in [5.74, 6) is 1.17. The van der Waals surface area contributed by atoms with Gasteiger partial charge in [-0.05, 0) is 47.8 Å². The monoisotopic (exact) mass is 427 g/mol. The van der Waals surface area contributed by atoms with Crippen LogP contribution in [0.1, 0.15) is 76.2 Å². The van der Waals surface area contributed by atoms with Crippen LogP contribution in [0.15, 0.2) is 24.3 Å². The van der Waals surface area contributed by atoms with Gasteiger partial charge >= 0.3 is 0 Å². The molecule has 2 fully saturated rings. The molecule has 1 saturated heterocycles. The van der Waals surface area contributed by atoms with Crippen LogP contribution >= 0.6 is 0 Å². The third kappa shape index (κ3) is 6.09. The first kappa shape index (κ1) is 23.8. The van der Waals surface area contributed by atoms with Crippen LogP contribution in [0.5, 0.6) is 0 Å². The molecule has 0 spiro atoms. The first-order valence-electron chi connectivity index (χ1n) is 12.1. The maximum atomic E-state index is 13.1. The standard InChI is InChI=1S/C26H41N3O2/c1-19(2)18-27-24(30)23(20-8-6-7-9-20)28-14-16-29(17-15-28)25(31)21-10-12-22(13-11-21)26(3,4)5/h10-13,19-20,23H,6-9,14-18H2,1-5H3,(H,27,30). The van der Waals surface area contributed by atoms with Crippen molar-refractivity contribution < 1.29 is 9.59 Å². The van der Waals surface area contributed by atoms with E-state index >= 15 is 0 Å². The van der Waals surface area contributed by atoms with Gasteiger partial charge in [-0.25, -0.2) is 0 Å². The lowest BCUT2D eigenvalue weighted by molar-refractivity contribution is -0.129. The van der Waals surface area contributed by atoms with Gasteiger partial charge in [0.05, 0.1) is 6.04 Å². The Labute approximate surface area is 188 Å². The van der Waals surface area contributed by atoms with Crippen LogP contribution < -0.4 is 5.32 Å². The Morgan fingerprint density at radius 1 is 1.00 bits per heavy atom. The maximum absolute atomic E-state index is 13.1. The minimum Gasteiger partial charge on any atom is -0.354 e. The largest absolute Gasteiger partial charge is 0.354 e. The second-order valence-electron chi connectivity index (χ2n) is 10.8. The van der Waals surface area contributed by atoms with Crippen molar-refractivity contribution in [3.8, 4) is 0 Å². The number of carbonyl (C=O) groups is 2. The highest BCUT2D eigenvalue weighted by atomic mass is 16.2. The number of nitrogens with one attached hydrogen (secondary N) is 1. The topological polar surface area (TPSA) is 52.7 Å². The number of hydrogen-bond acceptors (Lipinski definition) is 3. The van der Waals surface area contributed by atoms with E-state index in [9.17, 15) is 9.59 Å². The van der Waals surface area contributed by atoms with Crippen molar-refractivity contribution in [2.24, 2.45) is 11.8 Å². The number of amides is 2. The first-order valence-corrected chi connectivity index (χ1v) is 12.1. The van der Waals surface area contributed by atoms with E-state index in [1.807, 2.05) is 17.0 Å². The predicted molar refractivity (Wildman–Crippen MR) is 126 cm³/mol. The summed E-state index contributed by atoms with van der Waals surface area (Å²) >= 11 is 0. The Hall–Kier alpha value is -1.88. The molecule has 172 valence electrons. The molecular weight excluding hydrogens is 386 g/mol. The molecule has 2 amide bonds. The summed E-state index contributed by atoms with van der Waals surface area (Å²) in [4.78, 5) is 30.4. The number of piperazine rings is 1. The van der Waals surface area contributed by atoms with E-state index in [-0.39, 0.29) is 23.3 Å². The molecule has 1 N–H and O–H groups in total. The maximum Gasteiger partial charge on any atom is 0.253 e. The van der Waals surface area contributed by atoms with E-state index in [4.69, 9.17) is 0 Å². The number of nitrogens with zero attached hydrogens (tertiary/aromatic N) is 2. The van der Waals surface area contributed by atoms with Crippen molar-refractivity contribution in [1.29, 1.82) is 0 Å². The average molecular weight is 428 g/mol. The van der Waals surface area contributed by atoms with Gasteiger partial charge in [0, 0.05) is 38.3 Å². The Bertz CT molecular complexity index is 737. The first-order chi connectivity index (χ1) is 14.7. The molecule has 1 atom stereocenters. The summed E-state index contributed by atoms with van der Waals surface area (Å²) in [6.45, 7) is 14.4.